The van der Waals surface area contributed by atoms with E-state index in [9.17, 15) is 13.2 Å². The van der Waals surface area contributed by atoms with Crippen molar-refractivity contribution in [2.45, 2.75) is 6.18 Å². The fourth-order valence-corrected chi connectivity index (χ4v) is 1.95. The molecule has 1 aromatic carbocycles. The third-order valence-electron chi connectivity index (χ3n) is 2.59. The van der Waals surface area contributed by atoms with Gasteiger partial charge in [-0.2, -0.15) is 13.2 Å². The zero-order valence-electron chi connectivity index (χ0n) is 9.83. The summed E-state index contributed by atoms with van der Waals surface area (Å²) in [5.41, 5.74) is 0.201. The van der Waals surface area contributed by atoms with Crippen LogP contribution in [0.3, 0.4) is 0 Å². The van der Waals surface area contributed by atoms with Crippen molar-refractivity contribution >= 4 is 11.6 Å². The number of methoxy groups -OCH3 is 1. The van der Waals surface area contributed by atoms with Gasteiger partial charge < -0.3 is 4.74 Å². The van der Waals surface area contributed by atoms with Crippen LogP contribution in [0.4, 0.5) is 13.2 Å². The molecule has 0 N–H and O–H groups in total. The first-order chi connectivity index (χ1) is 8.93. The molecule has 0 fully saturated rings. The summed E-state index contributed by atoms with van der Waals surface area (Å²) in [5, 5.41) is 0.00104. The van der Waals surface area contributed by atoms with Crippen LogP contribution in [0.2, 0.25) is 5.02 Å². The van der Waals surface area contributed by atoms with Gasteiger partial charge in [0.25, 0.3) is 0 Å². The molecule has 100 valence electrons. The van der Waals surface area contributed by atoms with Crippen LogP contribution >= 0.6 is 11.6 Å². The maximum absolute atomic E-state index is 12.6. The molecule has 6 heteroatoms. The maximum atomic E-state index is 12.6. The molecule has 0 aliphatic heterocycles. The van der Waals surface area contributed by atoms with E-state index in [1.54, 1.807) is 6.07 Å². The first-order valence-corrected chi connectivity index (χ1v) is 5.66. The van der Waals surface area contributed by atoms with Gasteiger partial charge in [0, 0.05) is 28.5 Å². The van der Waals surface area contributed by atoms with Crippen LogP contribution < -0.4 is 4.74 Å². The number of benzene rings is 1. The third kappa shape index (κ3) is 2.81. The normalized spacial score (nSPS) is 11.4. The summed E-state index contributed by atoms with van der Waals surface area (Å²) >= 11 is 5.92. The van der Waals surface area contributed by atoms with Gasteiger partial charge in [0.05, 0.1) is 12.7 Å². The number of halogens is 4. The van der Waals surface area contributed by atoms with Crippen molar-refractivity contribution in [3.63, 3.8) is 0 Å². The Morgan fingerprint density at radius 2 is 1.89 bits per heavy atom. The lowest BCUT2D eigenvalue weighted by Crippen LogP contribution is -2.04. The smallest absolute Gasteiger partial charge is 0.416 e. The summed E-state index contributed by atoms with van der Waals surface area (Å²) in [5.74, 6) is 0.497. The van der Waals surface area contributed by atoms with Crippen molar-refractivity contribution in [2.24, 2.45) is 0 Å². The van der Waals surface area contributed by atoms with Gasteiger partial charge in [-0.1, -0.05) is 17.7 Å². The second-order valence-electron chi connectivity index (χ2n) is 3.77. The van der Waals surface area contributed by atoms with Gasteiger partial charge in [-0.05, 0) is 18.2 Å². The molecule has 0 aliphatic rings. The Balaban J connectivity index is 2.53. The van der Waals surface area contributed by atoms with Crippen LogP contribution in [0, 0.1) is 0 Å². The summed E-state index contributed by atoms with van der Waals surface area (Å²) in [6.45, 7) is 0. The lowest BCUT2D eigenvalue weighted by Gasteiger charge is -2.12. The van der Waals surface area contributed by atoms with Gasteiger partial charge in [-0.25, -0.2) is 0 Å². The first kappa shape index (κ1) is 13.7. The molecule has 0 radical (unpaired) electrons. The summed E-state index contributed by atoms with van der Waals surface area (Å²) in [4.78, 5) is 3.92. The molecule has 2 aromatic rings. The summed E-state index contributed by atoms with van der Waals surface area (Å²) < 4.78 is 42.8. The number of nitrogens with zero attached hydrogens (tertiary/aromatic N) is 1. The van der Waals surface area contributed by atoms with Gasteiger partial charge in [0.15, 0.2) is 0 Å². The SMILES string of the molecule is COc1ccncc1-c1ccc(C(F)(F)F)cc1Cl. The van der Waals surface area contributed by atoms with E-state index in [0.717, 1.165) is 12.1 Å². The minimum Gasteiger partial charge on any atom is -0.496 e. The topological polar surface area (TPSA) is 22.1 Å². The van der Waals surface area contributed by atoms with Crippen molar-refractivity contribution in [1.29, 1.82) is 0 Å². The lowest BCUT2D eigenvalue weighted by molar-refractivity contribution is -0.137. The fourth-order valence-electron chi connectivity index (χ4n) is 1.67. The Morgan fingerprint density at radius 1 is 1.16 bits per heavy atom. The Morgan fingerprint density at radius 3 is 2.47 bits per heavy atom. The number of rotatable bonds is 2. The van der Waals surface area contributed by atoms with Crippen LogP contribution in [-0.4, -0.2) is 12.1 Å². The zero-order valence-corrected chi connectivity index (χ0v) is 10.6. The van der Waals surface area contributed by atoms with Crippen molar-refractivity contribution in [3.05, 3.63) is 47.2 Å². The molecule has 0 saturated heterocycles. The van der Waals surface area contributed by atoms with Gasteiger partial charge >= 0.3 is 6.18 Å². The Kier molecular flexibility index (Phi) is 3.66. The number of hydrogen-bond donors (Lipinski definition) is 0. The predicted octanol–water partition coefficient (Wildman–Crippen LogP) is 4.43. The van der Waals surface area contributed by atoms with Gasteiger partial charge in [0.1, 0.15) is 5.75 Å². The molecule has 19 heavy (non-hydrogen) atoms. The molecule has 2 nitrogen and oxygen atoms in total. The number of pyridine rings is 1. The van der Waals surface area contributed by atoms with Crippen molar-refractivity contribution in [2.75, 3.05) is 7.11 Å². The van der Waals surface area contributed by atoms with Crippen LogP contribution in [0.15, 0.2) is 36.7 Å². The molecule has 0 aliphatic carbocycles. The highest BCUT2D eigenvalue weighted by atomic mass is 35.5. The molecule has 0 bridgehead atoms. The van der Waals surface area contributed by atoms with E-state index in [0.29, 0.717) is 16.9 Å². The quantitative estimate of drug-likeness (QED) is 0.815. The molecule has 1 aromatic heterocycles. The van der Waals surface area contributed by atoms with Crippen LogP contribution in [0.5, 0.6) is 5.75 Å². The number of alkyl halides is 3. The second kappa shape index (κ2) is 5.09. The van der Waals surface area contributed by atoms with Crippen molar-refractivity contribution in [3.8, 4) is 16.9 Å². The molecule has 0 unspecified atom stereocenters. The van der Waals surface area contributed by atoms with E-state index in [4.69, 9.17) is 16.3 Å². The van der Waals surface area contributed by atoms with E-state index < -0.39 is 11.7 Å². The van der Waals surface area contributed by atoms with E-state index in [2.05, 4.69) is 4.98 Å². The third-order valence-corrected chi connectivity index (χ3v) is 2.90. The monoisotopic (exact) mass is 287 g/mol. The maximum Gasteiger partial charge on any atom is 0.416 e. The highest BCUT2D eigenvalue weighted by Gasteiger charge is 2.31. The van der Waals surface area contributed by atoms with Crippen molar-refractivity contribution in [1.82, 2.24) is 4.98 Å². The molecule has 1 heterocycles. The lowest BCUT2D eigenvalue weighted by atomic mass is 10.0. The van der Waals surface area contributed by atoms with E-state index >= 15 is 0 Å². The van der Waals surface area contributed by atoms with Gasteiger partial charge in [0.2, 0.25) is 0 Å². The highest BCUT2D eigenvalue weighted by molar-refractivity contribution is 6.33. The van der Waals surface area contributed by atoms with Crippen LogP contribution in [-0.2, 0) is 6.18 Å². The zero-order chi connectivity index (χ0) is 14.0. The summed E-state index contributed by atoms with van der Waals surface area (Å²) in [6.07, 6.45) is -1.39. The predicted molar refractivity (Wildman–Crippen MR) is 66.2 cm³/mol. The Hall–Kier alpha value is -1.75. The molecule has 0 spiro atoms. The molecular formula is C13H9ClF3NO. The first-order valence-electron chi connectivity index (χ1n) is 5.28. The highest BCUT2D eigenvalue weighted by Crippen LogP contribution is 2.38. The average Bonchev–Trinajstić information content (AvgIpc) is 2.37. The largest absolute Gasteiger partial charge is 0.496 e. The second-order valence-corrected chi connectivity index (χ2v) is 4.18. The average molecular weight is 288 g/mol. The van der Waals surface area contributed by atoms with Gasteiger partial charge in [-0.3, -0.25) is 4.98 Å². The molecule has 2 rings (SSSR count). The van der Waals surface area contributed by atoms with Crippen LogP contribution in [0.25, 0.3) is 11.1 Å². The molecule has 0 atom stereocenters. The molecular weight excluding hydrogens is 279 g/mol. The minimum absolute atomic E-state index is 0.00104. The summed E-state index contributed by atoms with van der Waals surface area (Å²) in [6, 6.07) is 4.80. The Labute approximate surface area is 112 Å². The van der Waals surface area contributed by atoms with E-state index in [1.165, 1.54) is 25.6 Å². The standard InChI is InChI=1S/C13H9ClF3NO/c1-19-12-4-5-18-7-10(12)9-3-2-8(6-11(9)14)13(15,16)17/h2-7H,1H3. The van der Waals surface area contributed by atoms with Gasteiger partial charge in [-0.15, -0.1) is 0 Å². The molecule has 0 amide bonds. The minimum atomic E-state index is -4.42. The van der Waals surface area contributed by atoms with E-state index in [-0.39, 0.29) is 5.02 Å². The number of hydrogen-bond acceptors (Lipinski definition) is 2. The fraction of sp³-hybridized carbons (Fsp3) is 0.154. The van der Waals surface area contributed by atoms with Crippen LogP contribution in [0.1, 0.15) is 5.56 Å². The van der Waals surface area contributed by atoms with E-state index in [1.807, 2.05) is 0 Å². The number of ether oxygens (including phenoxy) is 1. The number of aromatic nitrogens is 1. The summed E-state index contributed by atoms with van der Waals surface area (Å²) in [7, 11) is 1.47. The van der Waals surface area contributed by atoms with Crippen molar-refractivity contribution < 1.29 is 17.9 Å². The molecule has 0 saturated carbocycles. The Bertz CT molecular complexity index is 599.